The monoisotopic (exact) mass is 402 g/mol. The Labute approximate surface area is 173 Å². The van der Waals surface area contributed by atoms with Crippen LogP contribution in [0.5, 0.6) is 0 Å². The predicted octanol–water partition coefficient (Wildman–Crippen LogP) is 3.08. The average Bonchev–Trinajstić information content (AvgIpc) is 3.24. The fourth-order valence-corrected chi connectivity index (χ4v) is 3.92. The zero-order valence-electron chi connectivity index (χ0n) is 16.3. The van der Waals surface area contributed by atoms with Crippen LogP contribution in [0, 0.1) is 17.1 Å². The van der Waals surface area contributed by atoms with Crippen molar-refractivity contribution in [3.8, 4) is 17.3 Å². The summed E-state index contributed by atoms with van der Waals surface area (Å²) in [5.41, 5.74) is 3.49. The highest BCUT2D eigenvalue weighted by Crippen LogP contribution is 2.39. The van der Waals surface area contributed by atoms with E-state index in [0.717, 1.165) is 41.3 Å². The van der Waals surface area contributed by atoms with Crippen LogP contribution >= 0.6 is 0 Å². The van der Waals surface area contributed by atoms with Gasteiger partial charge >= 0.3 is 0 Å². The minimum atomic E-state index is -0.529. The Morgan fingerprint density at radius 1 is 1.03 bits per heavy atom. The van der Waals surface area contributed by atoms with E-state index in [2.05, 4.69) is 14.8 Å². The van der Waals surface area contributed by atoms with Gasteiger partial charge in [0.2, 0.25) is 5.95 Å². The minimum absolute atomic E-state index is 0.0109. The maximum Gasteiger partial charge on any atom is 0.228 e. The van der Waals surface area contributed by atoms with E-state index in [-0.39, 0.29) is 5.56 Å². The standard InChI is InChI=1S/C22H19FN6O/c23-19-2-1-15(13-16(19)14-24)20-18-5-8-29(17-3-6-25-7-4-17)21(18)27-22(26-20)28-9-11-30-12-10-28/h1-4,6-7,13H,5,8-12H2. The summed E-state index contributed by atoms with van der Waals surface area (Å²) in [6.45, 7) is 3.43. The smallest absolute Gasteiger partial charge is 0.228 e. The summed E-state index contributed by atoms with van der Waals surface area (Å²) >= 11 is 0. The summed E-state index contributed by atoms with van der Waals surface area (Å²) in [4.78, 5) is 18.1. The summed E-state index contributed by atoms with van der Waals surface area (Å²) < 4.78 is 19.4. The zero-order chi connectivity index (χ0) is 20.5. The molecule has 0 bridgehead atoms. The molecule has 1 saturated heterocycles. The molecule has 2 aliphatic heterocycles. The number of hydrogen-bond donors (Lipinski definition) is 0. The lowest BCUT2D eigenvalue weighted by molar-refractivity contribution is 0.122. The second-order valence-corrected chi connectivity index (χ2v) is 7.19. The first kappa shape index (κ1) is 18.5. The molecule has 30 heavy (non-hydrogen) atoms. The van der Waals surface area contributed by atoms with Gasteiger partial charge in [-0.3, -0.25) is 4.98 Å². The molecule has 0 saturated carbocycles. The van der Waals surface area contributed by atoms with E-state index in [0.29, 0.717) is 32.3 Å². The van der Waals surface area contributed by atoms with Crippen LogP contribution in [0.4, 0.5) is 21.8 Å². The van der Waals surface area contributed by atoms with E-state index < -0.39 is 5.82 Å². The number of aromatic nitrogens is 3. The van der Waals surface area contributed by atoms with Gasteiger partial charge in [-0.15, -0.1) is 0 Å². The highest BCUT2D eigenvalue weighted by molar-refractivity contribution is 5.77. The lowest BCUT2D eigenvalue weighted by Crippen LogP contribution is -2.37. The van der Waals surface area contributed by atoms with Gasteiger partial charge in [0, 0.05) is 48.8 Å². The normalized spacial score (nSPS) is 15.7. The first-order valence-electron chi connectivity index (χ1n) is 9.86. The molecule has 2 aliphatic rings. The molecule has 150 valence electrons. The van der Waals surface area contributed by atoms with Gasteiger partial charge in [-0.25, -0.2) is 9.37 Å². The van der Waals surface area contributed by atoms with Crippen molar-refractivity contribution in [2.45, 2.75) is 6.42 Å². The molecule has 0 unspecified atom stereocenters. The number of rotatable bonds is 3. The van der Waals surface area contributed by atoms with Crippen molar-refractivity contribution in [3.63, 3.8) is 0 Å². The third-order valence-electron chi connectivity index (χ3n) is 5.44. The maximum absolute atomic E-state index is 13.9. The maximum atomic E-state index is 13.9. The molecule has 8 heteroatoms. The second-order valence-electron chi connectivity index (χ2n) is 7.19. The van der Waals surface area contributed by atoms with Gasteiger partial charge in [0.1, 0.15) is 17.7 Å². The Hall–Kier alpha value is -3.57. The molecule has 0 amide bonds. The summed E-state index contributed by atoms with van der Waals surface area (Å²) in [7, 11) is 0. The van der Waals surface area contributed by atoms with Crippen LogP contribution in [-0.2, 0) is 11.2 Å². The van der Waals surface area contributed by atoms with Crippen molar-refractivity contribution in [1.82, 2.24) is 15.0 Å². The molecule has 0 N–H and O–H groups in total. The minimum Gasteiger partial charge on any atom is -0.378 e. The number of ether oxygens (including phenoxy) is 1. The number of nitrogens with zero attached hydrogens (tertiary/aromatic N) is 6. The molecule has 0 aliphatic carbocycles. The fraction of sp³-hybridized carbons (Fsp3) is 0.273. The number of benzene rings is 1. The van der Waals surface area contributed by atoms with Crippen molar-refractivity contribution in [1.29, 1.82) is 5.26 Å². The van der Waals surface area contributed by atoms with Crippen LogP contribution in [0.1, 0.15) is 11.1 Å². The molecule has 0 radical (unpaired) electrons. The molecule has 7 nitrogen and oxygen atoms in total. The van der Waals surface area contributed by atoms with Crippen LogP contribution in [0.2, 0.25) is 0 Å². The molecule has 0 spiro atoms. The quantitative estimate of drug-likeness (QED) is 0.666. The second kappa shape index (κ2) is 7.69. The zero-order valence-corrected chi connectivity index (χ0v) is 16.3. The van der Waals surface area contributed by atoms with Crippen molar-refractivity contribution in [3.05, 3.63) is 59.7 Å². The molecule has 2 aromatic heterocycles. The van der Waals surface area contributed by atoms with E-state index in [4.69, 9.17) is 14.7 Å². The summed E-state index contributed by atoms with van der Waals surface area (Å²) in [6, 6.07) is 10.4. The predicted molar refractivity (Wildman–Crippen MR) is 110 cm³/mol. The summed E-state index contributed by atoms with van der Waals surface area (Å²) in [5, 5.41) is 9.27. The first-order chi connectivity index (χ1) is 14.7. The van der Waals surface area contributed by atoms with E-state index in [1.165, 1.54) is 6.07 Å². The summed E-state index contributed by atoms with van der Waals surface area (Å²) in [5.74, 6) is 0.935. The SMILES string of the molecule is N#Cc1cc(-c2nc(N3CCOCC3)nc3c2CCN3c2ccncc2)ccc1F. The van der Waals surface area contributed by atoms with Gasteiger partial charge in [0.25, 0.3) is 0 Å². The average molecular weight is 402 g/mol. The Morgan fingerprint density at radius 3 is 2.60 bits per heavy atom. The van der Waals surface area contributed by atoms with Crippen molar-refractivity contribution < 1.29 is 9.13 Å². The van der Waals surface area contributed by atoms with Gasteiger partial charge in [0.15, 0.2) is 0 Å². The Bertz CT molecular complexity index is 1120. The molecule has 4 heterocycles. The number of fused-ring (bicyclic) bond motifs is 1. The van der Waals surface area contributed by atoms with Crippen LogP contribution in [0.15, 0.2) is 42.7 Å². The van der Waals surface area contributed by atoms with Gasteiger partial charge in [-0.05, 0) is 36.8 Å². The van der Waals surface area contributed by atoms with Crippen molar-refractivity contribution >= 4 is 17.5 Å². The fourth-order valence-electron chi connectivity index (χ4n) is 3.92. The van der Waals surface area contributed by atoms with E-state index in [1.54, 1.807) is 24.5 Å². The number of morpholine rings is 1. The van der Waals surface area contributed by atoms with E-state index >= 15 is 0 Å². The molecule has 0 atom stereocenters. The van der Waals surface area contributed by atoms with E-state index in [1.807, 2.05) is 18.2 Å². The van der Waals surface area contributed by atoms with Gasteiger partial charge in [-0.1, -0.05) is 0 Å². The lowest BCUT2D eigenvalue weighted by atomic mass is 10.0. The Balaban J connectivity index is 1.67. The highest BCUT2D eigenvalue weighted by Gasteiger charge is 2.29. The van der Waals surface area contributed by atoms with Crippen LogP contribution in [0.25, 0.3) is 11.3 Å². The number of hydrogen-bond acceptors (Lipinski definition) is 7. The molecule has 5 rings (SSSR count). The van der Waals surface area contributed by atoms with Crippen LogP contribution in [-0.4, -0.2) is 47.8 Å². The Morgan fingerprint density at radius 2 is 1.83 bits per heavy atom. The lowest BCUT2D eigenvalue weighted by Gasteiger charge is -2.28. The van der Waals surface area contributed by atoms with Gasteiger partial charge in [0.05, 0.1) is 24.5 Å². The first-order valence-corrected chi connectivity index (χ1v) is 9.86. The Kier molecular flexibility index (Phi) is 4.73. The van der Waals surface area contributed by atoms with Gasteiger partial charge < -0.3 is 14.5 Å². The molecule has 1 aromatic carbocycles. The third kappa shape index (κ3) is 3.23. The molecular formula is C22H19FN6O. The van der Waals surface area contributed by atoms with Gasteiger partial charge in [-0.2, -0.15) is 10.2 Å². The number of nitriles is 1. The van der Waals surface area contributed by atoms with Crippen LogP contribution < -0.4 is 9.80 Å². The molecule has 1 fully saturated rings. The summed E-state index contributed by atoms with van der Waals surface area (Å²) in [6.07, 6.45) is 4.28. The molecular weight excluding hydrogens is 383 g/mol. The number of anilines is 3. The third-order valence-corrected chi connectivity index (χ3v) is 5.44. The van der Waals surface area contributed by atoms with Crippen molar-refractivity contribution in [2.75, 3.05) is 42.6 Å². The topological polar surface area (TPSA) is 78.2 Å². The number of halogens is 1. The largest absolute Gasteiger partial charge is 0.378 e. The molecule has 3 aromatic rings. The highest BCUT2D eigenvalue weighted by atomic mass is 19.1. The van der Waals surface area contributed by atoms with E-state index in [9.17, 15) is 9.65 Å². The number of pyridine rings is 1. The van der Waals surface area contributed by atoms with Crippen molar-refractivity contribution in [2.24, 2.45) is 0 Å². The van der Waals surface area contributed by atoms with Crippen LogP contribution in [0.3, 0.4) is 0 Å².